The Kier molecular flexibility index (Phi) is 6.67. The van der Waals surface area contributed by atoms with Gasteiger partial charge in [0.1, 0.15) is 5.75 Å². The number of unbranched alkanes of at least 4 members (excludes halogenated alkanes) is 1. The van der Waals surface area contributed by atoms with Gasteiger partial charge in [0.05, 0.1) is 7.11 Å². The molecule has 1 atom stereocenters. The Bertz CT molecular complexity index is 295. The van der Waals surface area contributed by atoms with E-state index < -0.39 is 0 Å². The van der Waals surface area contributed by atoms with Crippen molar-refractivity contribution in [2.45, 2.75) is 25.7 Å². The molecule has 0 aliphatic heterocycles. The number of benzene rings is 1. The standard InChI is InChI=1S/C14H22O3/c1-17-14-7-5-12(6-8-14)10-13(11-16)4-2-3-9-15/h5-8,13,15-16H,2-4,9-11H2,1H3/t13-/m0/s1. The van der Waals surface area contributed by atoms with E-state index in [1.54, 1.807) is 7.11 Å². The van der Waals surface area contributed by atoms with Crippen LogP contribution in [0.4, 0.5) is 0 Å². The second kappa shape index (κ2) is 8.09. The molecule has 0 spiro atoms. The van der Waals surface area contributed by atoms with Crippen LogP contribution < -0.4 is 4.74 Å². The molecule has 17 heavy (non-hydrogen) atoms. The molecule has 0 aromatic heterocycles. The summed E-state index contributed by atoms with van der Waals surface area (Å²) in [7, 11) is 1.65. The normalized spacial score (nSPS) is 12.4. The van der Waals surface area contributed by atoms with Gasteiger partial charge in [0.2, 0.25) is 0 Å². The lowest BCUT2D eigenvalue weighted by molar-refractivity contribution is 0.209. The molecule has 0 unspecified atom stereocenters. The SMILES string of the molecule is COc1ccc(C[C@@H](CO)CCCCO)cc1. The molecule has 0 heterocycles. The van der Waals surface area contributed by atoms with E-state index in [0.29, 0.717) is 0 Å². The quantitative estimate of drug-likeness (QED) is 0.681. The van der Waals surface area contributed by atoms with E-state index in [4.69, 9.17) is 9.84 Å². The molecular weight excluding hydrogens is 216 g/mol. The Morgan fingerprint density at radius 3 is 2.35 bits per heavy atom. The van der Waals surface area contributed by atoms with Crippen LogP contribution in [0.1, 0.15) is 24.8 Å². The summed E-state index contributed by atoms with van der Waals surface area (Å²) in [6.45, 7) is 0.443. The fraction of sp³-hybridized carbons (Fsp3) is 0.571. The van der Waals surface area contributed by atoms with Gasteiger partial charge < -0.3 is 14.9 Å². The summed E-state index contributed by atoms with van der Waals surface area (Å²) in [5.74, 6) is 1.14. The van der Waals surface area contributed by atoms with Crippen molar-refractivity contribution in [2.24, 2.45) is 5.92 Å². The summed E-state index contributed by atoms with van der Waals surface area (Å²) < 4.78 is 5.10. The molecule has 0 fully saturated rings. The van der Waals surface area contributed by atoms with Crippen molar-refractivity contribution in [3.63, 3.8) is 0 Å². The predicted molar refractivity (Wildman–Crippen MR) is 68.2 cm³/mol. The third-order valence-corrected chi connectivity index (χ3v) is 2.96. The van der Waals surface area contributed by atoms with Gasteiger partial charge in [-0.2, -0.15) is 0 Å². The zero-order valence-electron chi connectivity index (χ0n) is 10.4. The maximum absolute atomic E-state index is 9.30. The molecular formula is C14H22O3. The highest BCUT2D eigenvalue weighted by atomic mass is 16.5. The molecule has 2 N–H and O–H groups in total. The summed E-state index contributed by atoms with van der Waals surface area (Å²) in [5, 5.41) is 18.0. The fourth-order valence-electron chi connectivity index (χ4n) is 1.90. The van der Waals surface area contributed by atoms with Gasteiger partial charge in [0.15, 0.2) is 0 Å². The Morgan fingerprint density at radius 1 is 1.12 bits per heavy atom. The number of ether oxygens (including phenoxy) is 1. The number of rotatable bonds is 8. The summed E-state index contributed by atoms with van der Waals surface area (Å²) in [6, 6.07) is 7.95. The predicted octanol–water partition coefficient (Wildman–Crippen LogP) is 2.01. The summed E-state index contributed by atoms with van der Waals surface area (Å²) >= 11 is 0. The molecule has 0 bridgehead atoms. The molecule has 0 amide bonds. The van der Waals surface area contributed by atoms with E-state index in [1.807, 2.05) is 24.3 Å². The Morgan fingerprint density at radius 2 is 1.82 bits per heavy atom. The van der Waals surface area contributed by atoms with Crippen LogP contribution in [0.3, 0.4) is 0 Å². The molecule has 1 aromatic rings. The van der Waals surface area contributed by atoms with Crippen molar-refractivity contribution in [3.8, 4) is 5.75 Å². The van der Waals surface area contributed by atoms with Gasteiger partial charge in [-0.05, 0) is 42.9 Å². The van der Waals surface area contributed by atoms with Gasteiger partial charge in [-0.25, -0.2) is 0 Å². The van der Waals surface area contributed by atoms with Crippen molar-refractivity contribution in [1.82, 2.24) is 0 Å². The van der Waals surface area contributed by atoms with Crippen LogP contribution in [0.2, 0.25) is 0 Å². The van der Waals surface area contributed by atoms with Gasteiger partial charge in [0, 0.05) is 13.2 Å². The number of methoxy groups -OCH3 is 1. The van der Waals surface area contributed by atoms with Gasteiger partial charge >= 0.3 is 0 Å². The number of aliphatic hydroxyl groups excluding tert-OH is 2. The minimum atomic E-state index is 0.206. The maximum atomic E-state index is 9.30. The third kappa shape index (κ3) is 5.20. The van der Waals surface area contributed by atoms with Crippen molar-refractivity contribution >= 4 is 0 Å². The average molecular weight is 238 g/mol. The van der Waals surface area contributed by atoms with Crippen LogP contribution >= 0.6 is 0 Å². The van der Waals surface area contributed by atoms with Gasteiger partial charge in [-0.3, -0.25) is 0 Å². The monoisotopic (exact) mass is 238 g/mol. The zero-order chi connectivity index (χ0) is 12.5. The summed E-state index contributed by atoms with van der Waals surface area (Å²) in [5.41, 5.74) is 1.22. The van der Waals surface area contributed by atoms with Crippen molar-refractivity contribution in [1.29, 1.82) is 0 Å². The number of hydrogen-bond acceptors (Lipinski definition) is 3. The fourth-order valence-corrected chi connectivity index (χ4v) is 1.90. The number of aliphatic hydroxyl groups is 2. The third-order valence-electron chi connectivity index (χ3n) is 2.96. The first-order chi connectivity index (χ1) is 8.30. The molecule has 0 aliphatic rings. The van der Waals surface area contributed by atoms with Gasteiger partial charge in [-0.15, -0.1) is 0 Å². The second-order valence-electron chi connectivity index (χ2n) is 4.32. The lowest BCUT2D eigenvalue weighted by Gasteiger charge is -2.14. The first kappa shape index (κ1) is 14.0. The molecule has 3 nitrogen and oxygen atoms in total. The van der Waals surface area contributed by atoms with Crippen LogP contribution in [-0.2, 0) is 6.42 Å². The molecule has 0 saturated carbocycles. The van der Waals surface area contributed by atoms with E-state index in [0.717, 1.165) is 31.4 Å². The average Bonchev–Trinajstić information content (AvgIpc) is 2.38. The molecule has 0 radical (unpaired) electrons. The van der Waals surface area contributed by atoms with Crippen LogP contribution in [0.25, 0.3) is 0 Å². The highest BCUT2D eigenvalue weighted by Gasteiger charge is 2.08. The molecule has 0 saturated heterocycles. The molecule has 1 aromatic carbocycles. The summed E-state index contributed by atoms with van der Waals surface area (Å²) in [6.07, 6.45) is 3.63. The van der Waals surface area contributed by atoms with Crippen molar-refractivity contribution in [3.05, 3.63) is 29.8 Å². The highest BCUT2D eigenvalue weighted by molar-refractivity contribution is 5.27. The summed E-state index contributed by atoms with van der Waals surface area (Å²) in [4.78, 5) is 0. The van der Waals surface area contributed by atoms with E-state index in [9.17, 15) is 5.11 Å². The van der Waals surface area contributed by atoms with E-state index in [-0.39, 0.29) is 19.1 Å². The van der Waals surface area contributed by atoms with E-state index in [2.05, 4.69) is 0 Å². The van der Waals surface area contributed by atoms with E-state index in [1.165, 1.54) is 5.56 Å². The zero-order valence-corrected chi connectivity index (χ0v) is 10.4. The Hall–Kier alpha value is -1.06. The minimum Gasteiger partial charge on any atom is -0.497 e. The molecule has 3 heteroatoms. The van der Waals surface area contributed by atoms with Crippen LogP contribution in [0, 0.1) is 5.92 Å². The molecule has 96 valence electrons. The first-order valence-corrected chi connectivity index (χ1v) is 6.14. The molecule has 1 rings (SSSR count). The lowest BCUT2D eigenvalue weighted by atomic mass is 9.95. The smallest absolute Gasteiger partial charge is 0.118 e. The molecule has 0 aliphatic carbocycles. The van der Waals surface area contributed by atoms with Crippen LogP contribution in [0.5, 0.6) is 5.75 Å². The highest BCUT2D eigenvalue weighted by Crippen LogP contribution is 2.17. The largest absolute Gasteiger partial charge is 0.497 e. The minimum absolute atomic E-state index is 0.206. The van der Waals surface area contributed by atoms with Crippen LogP contribution in [-0.4, -0.2) is 30.5 Å². The Labute approximate surface area is 103 Å². The Balaban J connectivity index is 2.43. The topological polar surface area (TPSA) is 49.7 Å². The van der Waals surface area contributed by atoms with Crippen molar-refractivity contribution in [2.75, 3.05) is 20.3 Å². The van der Waals surface area contributed by atoms with Gasteiger partial charge in [-0.1, -0.05) is 18.6 Å². The lowest BCUT2D eigenvalue weighted by Crippen LogP contribution is -2.10. The van der Waals surface area contributed by atoms with Crippen molar-refractivity contribution < 1.29 is 14.9 Å². The van der Waals surface area contributed by atoms with E-state index >= 15 is 0 Å². The maximum Gasteiger partial charge on any atom is 0.118 e. The second-order valence-corrected chi connectivity index (χ2v) is 4.32. The number of hydrogen-bond donors (Lipinski definition) is 2. The van der Waals surface area contributed by atoms with Crippen LogP contribution in [0.15, 0.2) is 24.3 Å². The van der Waals surface area contributed by atoms with Gasteiger partial charge in [0.25, 0.3) is 0 Å². The first-order valence-electron chi connectivity index (χ1n) is 6.14.